The van der Waals surface area contributed by atoms with E-state index in [2.05, 4.69) is 20.9 Å². The van der Waals surface area contributed by atoms with Crippen molar-refractivity contribution in [1.29, 1.82) is 0 Å². The van der Waals surface area contributed by atoms with Gasteiger partial charge in [-0.25, -0.2) is 0 Å². The molecule has 0 amide bonds. The van der Waals surface area contributed by atoms with Crippen molar-refractivity contribution in [3.63, 3.8) is 0 Å². The molecule has 0 unspecified atom stereocenters. The quantitative estimate of drug-likeness (QED) is 0.645. The number of benzene rings is 2. The molecule has 2 aromatic rings. The van der Waals surface area contributed by atoms with Gasteiger partial charge in [0.15, 0.2) is 0 Å². The predicted molar refractivity (Wildman–Crippen MR) is 91.0 cm³/mol. The molecular weight excluding hydrogens is 377 g/mol. The van der Waals surface area contributed by atoms with Crippen molar-refractivity contribution in [3.8, 4) is 11.5 Å². The van der Waals surface area contributed by atoms with Crippen molar-refractivity contribution in [2.45, 2.75) is 0 Å². The summed E-state index contributed by atoms with van der Waals surface area (Å²) in [6.45, 7) is 0. The van der Waals surface area contributed by atoms with Gasteiger partial charge < -0.3 is 9.47 Å². The predicted octanol–water partition coefficient (Wildman–Crippen LogP) is 5.52. The van der Waals surface area contributed by atoms with Gasteiger partial charge in [-0.3, -0.25) is 4.99 Å². The normalized spacial score (nSPS) is 10.9. The van der Waals surface area contributed by atoms with Crippen molar-refractivity contribution in [3.05, 3.63) is 50.4 Å². The summed E-state index contributed by atoms with van der Waals surface area (Å²) in [5.41, 5.74) is 1.47. The average molecular weight is 389 g/mol. The van der Waals surface area contributed by atoms with E-state index in [1.54, 1.807) is 44.7 Å². The van der Waals surface area contributed by atoms with Crippen molar-refractivity contribution in [2.75, 3.05) is 14.2 Å². The molecule has 110 valence electrons. The van der Waals surface area contributed by atoms with E-state index in [-0.39, 0.29) is 0 Å². The summed E-state index contributed by atoms with van der Waals surface area (Å²) < 4.78 is 11.4. The number of hydrogen-bond acceptors (Lipinski definition) is 3. The highest BCUT2D eigenvalue weighted by molar-refractivity contribution is 9.10. The molecule has 0 aliphatic heterocycles. The fourth-order valence-electron chi connectivity index (χ4n) is 1.74. The molecule has 2 rings (SSSR count). The monoisotopic (exact) mass is 387 g/mol. The molecule has 0 heterocycles. The fourth-order valence-corrected chi connectivity index (χ4v) is 2.78. The largest absolute Gasteiger partial charge is 0.496 e. The van der Waals surface area contributed by atoms with E-state index in [9.17, 15) is 0 Å². The number of ether oxygens (including phenoxy) is 2. The Morgan fingerprint density at radius 1 is 0.952 bits per heavy atom. The molecule has 0 atom stereocenters. The highest BCUT2D eigenvalue weighted by atomic mass is 79.9. The van der Waals surface area contributed by atoms with Crippen molar-refractivity contribution < 1.29 is 9.47 Å². The molecule has 0 saturated heterocycles. The molecule has 0 aromatic heterocycles. The van der Waals surface area contributed by atoms with Gasteiger partial charge in [0.25, 0.3) is 0 Å². The van der Waals surface area contributed by atoms with Crippen LogP contribution in [0.5, 0.6) is 11.5 Å². The van der Waals surface area contributed by atoms with Crippen LogP contribution in [0.15, 0.2) is 39.8 Å². The first-order valence-corrected chi connectivity index (χ1v) is 7.50. The third-order valence-electron chi connectivity index (χ3n) is 2.70. The van der Waals surface area contributed by atoms with Gasteiger partial charge in [0.05, 0.1) is 24.4 Å². The minimum atomic E-state index is 0.539. The molecular formula is C15H12BrCl2NO2. The molecule has 0 aliphatic rings. The maximum atomic E-state index is 5.95. The molecule has 2 aromatic carbocycles. The van der Waals surface area contributed by atoms with E-state index in [1.165, 1.54) is 0 Å². The summed E-state index contributed by atoms with van der Waals surface area (Å²) in [5, 5.41) is 1.08. The number of hydrogen-bond donors (Lipinski definition) is 0. The molecule has 0 bridgehead atoms. The number of methoxy groups -OCH3 is 2. The molecule has 0 fully saturated rings. The third-order valence-corrected chi connectivity index (χ3v) is 3.76. The summed E-state index contributed by atoms with van der Waals surface area (Å²) in [5.74, 6) is 1.35. The first-order chi connectivity index (χ1) is 10.0. The number of aliphatic imine (C=N–C) groups is 1. The fraction of sp³-hybridized carbons (Fsp3) is 0.133. The van der Waals surface area contributed by atoms with E-state index >= 15 is 0 Å². The third kappa shape index (κ3) is 4.13. The molecule has 0 saturated carbocycles. The second kappa shape index (κ2) is 7.16. The number of halogens is 3. The molecule has 0 N–H and O–H groups in total. The first-order valence-electron chi connectivity index (χ1n) is 5.95. The van der Waals surface area contributed by atoms with Crippen LogP contribution < -0.4 is 9.47 Å². The first kappa shape index (κ1) is 16.1. The van der Waals surface area contributed by atoms with Gasteiger partial charge in [-0.05, 0) is 40.2 Å². The minimum absolute atomic E-state index is 0.539. The molecule has 0 radical (unpaired) electrons. The Morgan fingerprint density at radius 2 is 1.57 bits per heavy atom. The van der Waals surface area contributed by atoms with Crippen LogP contribution in [0.25, 0.3) is 0 Å². The molecule has 0 aliphatic carbocycles. The van der Waals surface area contributed by atoms with E-state index in [0.29, 0.717) is 27.2 Å². The van der Waals surface area contributed by atoms with E-state index < -0.39 is 0 Å². The van der Waals surface area contributed by atoms with Gasteiger partial charge in [0.1, 0.15) is 11.5 Å². The van der Waals surface area contributed by atoms with Gasteiger partial charge in [-0.2, -0.15) is 0 Å². The maximum absolute atomic E-state index is 5.95. The van der Waals surface area contributed by atoms with Gasteiger partial charge >= 0.3 is 0 Å². The zero-order valence-electron chi connectivity index (χ0n) is 11.4. The maximum Gasteiger partial charge on any atom is 0.136 e. The Morgan fingerprint density at radius 3 is 2.14 bits per heavy atom. The lowest BCUT2D eigenvalue weighted by atomic mass is 10.2. The summed E-state index contributed by atoms with van der Waals surface area (Å²) in [7, 11) is 3.19. The lowest BCUT2D eigenvalue weighted by molar-refractivity contribution is 0.392. The van der Waals surface area contributed by atoms with Crippen LogP contribution in [-0.2, 0) is 0 Å². The van der Waals surface area contributed by atoms with Crippen LogP contribution in [0.2, 0.25) is 10.0 Å². The SMILES string of the molecule is COc1cc(OC)c(C=Nc2cc(Cl)cc(Cl)c2)cc1Br. The van der Waals surface area contributed by atoms with Crippen LogP contribution in [0.1, 0.15) is 5.56 Å². The van der Waals surface area contributed by atoms with Crippen LogP contribution in [0.3, 0.4) is 0 Å². The van der Waals surface area contributed by atoms with Crippen LogP contribution in [-0.4, -0.2) is 20.4 Å². The Labute approximate surface area is 141 Å². The second-order valence-corrected chi connectivity index (χ2v) is 5.84. The van der Waals surface area contributed by atoms with Crippen molar-refractivity contribution in [1.82, 2.24) is 0 Å². The van der Waals surface area contributed by atoms with Gasteiger partial charge in [-0.1, -0.05) is 23.2 Å². The van der Waals surface area contributed by atoms with Crippen LogP contribution in [0, 0.1) is 0 Å². The average Bonchev–Trinajstić information content (AvgIpc) is 2.44. The van der Waals surface area contributed by atoms with E-state index in [4.69, 9.17) is 32.7 Å². The lowest BCUT2D eigenvalue weighted by Crippen LogP contribution is -1.93. The van der Waals surface area contributed by atoms with Crippen LogP contribution >= 0.6 is 39.1 Å². The molecule has 21 heavy (non-hydrogen) atoms. The summed E-state index contributed by atoms with van der Waals surface area (Å²) >= 11 is 15.3. The summed E-state index contributed by atoms with van der Waals surface area (Å²) in [6, 6.07) is 8.78. The van der Waals surface area contributed by atoms with Crippen LogP contribution in [0.4, 0.5) is 5.69 Å². The van der Waals surface area contributed by atoms with E-state index in [1.807, 2.05) is 6.07 Å². The van der Waals surface area contributed by atoms with Gasteiger partial charge in [0, 0.05) is 27.9 Å². The van der Waals surface area contributed by atoms with Crippen molar-refractivity contribution in [2.24, 2.45) is 4.99 Å². The summed E-state index contributed by atoms with van der Waals surface area (Å²) in [6.07, 6.45) is 1.69. The van der Waals surface area contributed by atoms with Gasteiger partial charge in [-0.15, -0.1) is 0 Å². The lowest BCUT2D eigenvalue weighted by Gasteiger charge is -2.09. The zero-order valence-corrected chi connectivity index (χ0v) is 14.5. The second-order valence-electron chi connectivity index (χ2n) is 4.11. The van der Waals surface area contributed by atoms with E-state index in [0.717, 1.165) is 10.0 Å². The Kier molecular flexibility index (Phi) is 5.51. The van der Waals surface area contributed by atoms with Gasteiger partial charge in [0.2, 0.25) is 0 Å². The smallest absolute Gasteiger partial charge is 0.136 e. The number of nitrogens with zero attached hydrogens (tertiary/aromatic N) is 1. The number of rotatable bonds is 4. The molecule has 6 heteroatoms. The Balaban J connectivity index is 2.38. The van der Waals surface area contributed by atoms with Crippen molar-refractivity contribution >= 4 is 51.0 Å². The highest BCUT2D eigenvalue weighted by Gasteiger charge is 2.08. The Hall–Kier alpha value is -1.23. The molecule has 0 spiro atoms. The Bertz CT molecular complexity index is 669. The minimum Gasteiger partial charge on any atom is -0.496 e. The standard InChI is InChI=1S/C15H12BrCl2NO2/c1-20-14-7-15(21-2)13(16)3-9(14)8-19-12-5-10(17)4-11(18)6-12/h3-8H,1-2H3. The zero-order chi connectivity index (χ0) is 15.4. The highest BCUT2D eigenvalue weighted by Crippen LogP contribution is 2.32. The molecule has 3 nitrogen and oxygen atoms in total. The summed E-state index contributed by atoms with van der Waals surface area (Å²) in [4.78, 5) is 4.37. The topological polar surface area (TPSA) is 30.8 Å².